The molecule has 4 nitrogen and oxygen atoms in total. The van der Waals surface area contributed by atoms with Crippen LogP contribution in [-0.2, 0) is 0 Å². The van der Waals surface area contributed by atoms with E-state index in [1.54, 1.807) is 0 Å². The van der Waals surface area contributed by atoms with Crippen molar-refractivity contribution in [3.8, 4) is 11.4 Å². The van der Waals surface area contributed by atoms with E-state index in [0.29, 0.717) is 5.82 Å². The van der Waals surface area contributed by atoms with Crippen molar-refractivity contribution < 1.29 is 9.90 Å². The van der Waals surface area contributed by atoms with Crippen LogP contribution in [0.5, 0.6) is 0 Å². The standard InChI is InChI=1S/C13H12N2O2/c1-8-3-4-9(2)11(5-8)12-14-6-10(7-15-12)13(16)17/h3-7H,1-2H3,(H,16,17). The van der Waals surface area contributed by atoms with Gasteiger partial charge in [-0.05, 0) is 25.5 Å². The molecule has 1 aromatic carbocycles. The van der Waals surface area contributed by atoms with E-state index in [1.807, 2.05) is 32.0 Å². The van der Waals surface area contributed by atoms with Crippen molar-refractivity contribution in [3.05, 3.63) is 47.3 Å². The summed E-state index contributed by atoms with van der Waals surface area (Å²) in [5.74, 6) is -0.464. The molecule has 2 aromatic rings. The van der Waals surface area contributed by atoms with Gasteiger partial charge in [-0.15, -0.1) is 0 Å². The van der Waals surface area contributed by atoms with Crippen molar-refractivity contribution in [3.63, 3.8) is 0 Å². The second kappa shape index (κ2) is 4.33. The summed E-state index contributed by atoms with van der Waals surface area (Å²) in [5.41, 5.74) is 3.22. The van der Waals surface area contributed by atoms with Gasteiger partial charge in [-0.25, -0.2) is 14.8 Å². The van der Waals surface area contributed by atoms with Crippen LogP contribution in [0.3, 0.4) is 0 Å². The number of aryl methyl sites for hydroxylation is 2. The van der Waals surface area contributed by atoms with Gasteiger partial charge in [-0.2, -0.15) is 0 Å². The van der Waals surface area contributed by atoms with Gasteiger partial charge in [0.1, 0.15) is 0 Å². The topological polar surface area (TPSA) is 63.1 Å². The summed E-state index contributed by atoms with van der Waals surface area (Å²) in [4.78, 5) is 18.9. The number of benzene rings is 1. The Labute approximate surface area is 99.0 Å². The average molecular weight is 228 g/mol. The van der Waals surface area contributed by atoms with E-state index in [0.717, 1.165) is 16.7 Å². The Morgan fingerprint density at radius 1 is 1.18 bits per heavy atom. The summed E-state index contributed by atoms with van der Waals surface area (Å²) >= 11 is 0. The van der Waals surface area contributed by atoms with Crippen LogP contribution in [0.4, 0.5) is 0 Å². The van der Waals surface area contributed by atoms with Crippen LogP contribution in [0, 0.1) is 13.8 Å². The summed E-state index contributed by atoms with van der Waals surface area (Å²) in [6, 6.07) is 6.01. The molecule has 1 N–H and O–H groups in total. The first-order chi connectivity index (χ1) is 8.08. The maximum Gasteiger partial charge on any atom is 0.338 e. The maximum atomic E-state index is 10.7. The van der Waals surface area contributed by atoms with Gasteiger partial charge in [0.15, 0.2) is 5.82 Å². The fraction of sp³-hybridized carbons (Fsp3) is 0.154. The molecule has 0 radical (unpaired) electrons. The van der Waals surface area contributed by atoms with E-state index >= 15 is 0 Å². The molecule has 0 unspecified atom stereocenters. The van der Waals surface area contributed by atoms with Crippen LogP contribution in [0.1, 0.15) is 21.5 Å². The van der Waals surface area contributed by atoms with Gasteiger partial charge in [0.2, 0.25) is 0 Å². The van der Waals surface area contributed by atoms with Crippen molar-refractivity contribution in [1.29, 1.82) is 0 Å². The predicted molar refractivity (Wildman–Crippen MR) is 63.9 cm³/mol. The van der Waals surface area contributed by atoms with Gasteiger partial charge in [0.05, 0.1) is 5.56 Å². The summed E-state index contributed by atoms with van der Waals surface area (Å²) in [6.45, 7) is 3.97. The average Bonchev–Trinajstić information content (AvgIpc) is 2.32. The molecular formula is C13H12N2O2. The quantitative estimate of drug-likeness (QED) is 0.857. The molecular weight excluding hydrogens is 216 g/mol. The lowest BCUT2D eigenvalue weighted by Gasteiger charge is -2.05. The van der Waals surface area contributed by atoms with E-state index in [-0.39, 0.29) is 5.56 Å². The SMILES string of the molecule is Cc1ccc(C)c(-c2ncc(C(=O)O)cn2)c1. The zero-order valence-electron chi connectivity index (χ0n) is 9.64. The van der Waals surface area contributed by atoms with Crippen molar-refractivity contribution in [1.82, 2.24) is 9.97 Å². The minimum atomic E-state index is -1.02. The highest BCUT2D eigenvalue weighted by Crippen LogP contribution is 2.20. The van der Waals surface area contributed by atoms with Gasteiger partial charge in [0.25, 0.3) is 0 Å². The van der Waals surface area contributed by atoms with E-state index in [1.165, 1.54) is 12.4 Å². The number of carboxylic acid groups (broad SMARTS) is 1. The second-order valence-corrected chi connectivity index (χ2v) is 3.92. The molecule has 4 heteroatoms. The highest BCUT2D eigenvalue weighted by molar-refractivity contribution is 5.86. The molecule has 17 heavy (non-hydrogen) atoms. The third-order valence-corrected chi connectivity index (χ3v) is 2.53. The van der Waals surface area contributed by atoms with E-state index in [2.05, 4.69) is 9.97 Å². The normalized spacial score (nSPS) is 10.2. The summed E-state index contributed by atoms with van der Waals surface area (Å²) in [7, 11) is 0. The lowest BCUT2D eigenvalue weighted by atomic mass is 10.1. The van der Waals surface area contributed by atoms with Gasteiger partial charge in [-0.1, -0.05) is 17.7 Å². The van der Waals surface area contributed by atoms with Gasteiger partial charge < -0.3 is 5.11 Å². The molecule has 0 saturated heterocycles. The zero-order chi connectivity index (χ0) is 12.4. The van der Waals surface area contributed by atoms with E-state index in [9.17, 15) is 4.79 Å². The lowest BCUT2D eigenvalue weighted by Crippen LogP contribution is -2.00. The van der Waals surface area contributed by atoms with Crippen LogP contribution < -0.4 is 0 Å². The van der Waals surface area contributed by atoms with Crippen molar-refractivity contribution in [2.75, 3.05) is 0 Å². The highest BCUT2D eigenvalue weighted by Gasteiger charge is 2.08. The first-order valence-electron chi connectivity index (χ1n) is 5.21. The molecule has 0 amide bonds. The number of hydrogen-bond donors (Lipinski definition) is 1. The summed E-state index contributed by atoms with van der Waals surface area (Å²) < 4.78 is 0. The molecule has 0 aliphatic rings. The highest BCUT2D eigenvalue weighted by atomic mass is 16.4. The Hall–Kier alpha value is -2.23. The van der Waals surface area contributed by atoms with Crippen molar-refractivity contribution >= 4 is 5.97 Å². The Bertz CT molecular complexity index is 562. The number of carboxylic acids is 1. The first kappa shape index (κ1) is 11.3. The van der Waals surface area contributed by atoms with E-state index < -0.39 is 5.97 Å². The Morgan fingerprint density at radius 3 is 2.41 bits per heavy atom. The summed E-state index contributed by atoms with van der Waals surface area (Å²) in [6.07, 6.45) is 2.65. The Balaban J connectivity index is 2.46. The lowest BCUT2D eigenvalue weighted by molar-refractivity contribution is 0.0696. The molecule has 1 aromatic heterocycles. The number of nitrogens with zero attached hydrogens (tertiary/aromatic N) is 2. The zero-order valence-corrected chi connectivity index (χ0v) is 9.64. The molecule has 0 atom stereocenters. The molecule has 0 fully saturated rings. The fourth-order valence-electron chi connectivity index (χ4n) is 1.55. The molecule has 0 bridgehead atoms. The minimum Gasteiger partial charge on any atom is -0.478 e. The third-order valence-electron chi connectivity index (χ3n) is 2.53. The summed E-state index contributed by atoms with van der Waals surface area (Å²) in [5, 5.41) is 8.76. The Kier molecular flexibility index (Phi) is 2.87. The van der Waals surface area contributed by atoms with Crippen LogP contribution in [0.25, 0.3) is 11.4 Å². The molecule has 0 spiro atoms. The monoisotopic (exact) mass is 228 g/mol. The number of hydrogen-bond acceptors (Lipinski definition) is 3. The largest absolute Gasteiger partial charge is 0.478 e. The van der Waals surface area contributed by atoms with Gasteiger partial charge in [0, 0.05) is 18.0 Å². The van der Waals surface area contributed by atoms with E-state index in [4.69, 9.17) is 5.11 Å². The van der Waals surface area contributed by atoms with Crippen LogP contribution in [0.15, 0.2) is 30.6 Å². The fourth-order valence-corrected chi connectivity index (χ4v) is 1.55. The Morgan fingerprint density at radius 2 is 1.82 bits per heavy atom. The van der Waals surface area contributed by atoms with Crippen molar-refractivity contribution in [2.24, 2.45) is 0 Å². The predicted octanol–water partition coefficient (Wildman–Crippen LogP) is 2.46. The molecule has 0 aliphatic heterocycles. The minimum absolute atomic E-state index is 0.0963. The van der Waals surface area contributed by atoms with Crippen LogP contribution in [-0.4, -0.2) is 21.0 Å². The molecule has 86 valence electrons. The third kappa shape index (κ3) is 2.30. The second-order valence-electron chi connectivity index (χ2n) is 3.92. The van der Waals surface area contributed by atoms with Gasteiger partial charge >= 0.3 is 5.97 Å². The number of aromatic nitrogens is 2. The molecule has 1 heterocycles. The first-order valence-corrected chi connectivity index (χ1v) is 5.21. The number of rotatable bonds is 2. The number of aromatic carboxylic acids is 1. The molecule has 2 rings (SSSR count). The van der Waals surface area contributed by atoms with Gasteiger partial charge in [-0.3, -0.25) is 0 Å². The molecule has 0 aliphatic carbocycles. The smallest absolute Gasteiger partial charge is 0.338 e. The maximum absolute atomic E-state index is 10.7. The van der Waals surface area contributed by atoms with Crippen LogP contribution >= 0.6 is 0 Å². The van der Waals surface area contributed by atoms with Crippen LogP contribution in [0.2, 0.25) is 0 Å². The van der Waals surface area contributed by atoms with Crippen molar-refractivity contribution in [2.45, 2.75) is 13.8 Å². The molecule has 0 saturated carbocycles. The number of carbonyl (C=O) groups is 1.